The average molecular weight is 275 g/mol. The molecule has 0 amide bonds. The Bertz CT molecular complexity index is 499. The van der Waals surface area contributed by atoms with Gasteiger partial charge < -0.3 is 4.74 Å². The largest absolute Gasteiger partial charge is 0.497 e. The number of carbonyl (C=O) groups is 1. The lowest BCUT2D eigenvalue weighted by Gasteiger charge is -2.24. The number of hydrogen-bond acceptors (Lipinski definition) is 4. The van der Waals surface area contributed by atoms with E-state index in [1.165, 1.54) is 5.56 Å². The van der Waals surface area contributed by atoms with Crippen molar-refractivity contribution < 1.29 is 14.4 Å². The molecule has 2 fully saturated rings. The molecule has 0 N–H and O–H groups in total. The van der Waals surface area contributed by atoms with Crippen LogP contribution in [-0.4, -0.2) is 30.1 Å². The fourth-order valence-corrected chi connectivity index (χ4v) is 3.52. The van der Waals surface area contributed by atoms with E-state index >= 15 is 0 Å². The topological polar surface area (TPSA) is 38.8 Å². The molecule has 0 bridgehead atoms. The molecular weight excluding hydrogens is 254 g/mol. The van der Waals surface area contributed by atoms with Crippen LogP contribution in [-0.2, 0) is 16.2 Å². The van der Waals surface area contributed by atoms with Gasteiger partial charge >= 0.3 is 0 Å². The number of methoxy groups -OCH3 is 1. The second-order valence-corrected chi connectivity index (χ2v) is 5.90. The number of nitrogens with zero attached hydrogens (tertiary/aromatic N) is 1. The van der Waals surface area contributed by atoms with Crippen molar-refractivity contribution in [3.05, 3.63) is 29.8 Å². The summed E-state index contributed by atoms with van der Waals surface area (Å²) in [6.45, 7) is 4.86. The fraction of sp³-hybridized carbons (Fsp3) is 0.562. The summed E-state index contributed by atoms with van der Waals surface area (Å²) in [5, 5.41) is 2.01. The van der Waals surface area contributed by atoms with Crippen LogP contribution in [0.3, 0.4) is 0 Å². The molecular formula is C16H21NO3. The highest BCUT2D eigenvalue weighted by molar-refractivity contribution is 5.85. The second-order valence-electron chi connectivity index (χ2n) is 5.90. The molecule has 4 atom stereocenters. The zero-order valence-electron chi connectivity index (χ0n) is 12.2. The monoisotopic (exact) mass is 275 g/mol. The van der Waals surface area contributed by atoms with Crippen molar-refractivity contribution in [1.29, 1.82) is 0 Å². The van der Waals surface area contributed by atoms with Crippen molar-refractivity contribution in [2.45, 2.75) is 39.0 Å². The van der Waals surface area contributed by atoms with Gasteiger partial charge in [-0.25, -0.2) is 0 Å². The van der Waals surface area contributed by atoms with Crippen LogP contribution < -0.4 is 4.74 Å². The molecule has 1 aliphatic heterocycles. The molecule has 1 heterocycles. The summed E-state index contributed by atoms with van der Waals surface area (Å²) in [5.41, 5.74) is 1.17. The van der Waals surface area contributed by atoms with Crippen molar-refractivity contribution >= 4 is 5.78 Å². The van der Waals surface area contributed by atoms with E-state index in [1.807, 2.05) is 36.3 Å². The number of benzene rings is 1. The van der Waals surface area contributed by atoms with Crippen molar-refractivity contribution in [3.63, 3.8) is 0 Å². The number of ether oxygens (including phenoxy) is 1. The lowest BCUT2D eigenvalue weighted by molar-refractivity contribution is -0.173. The third-order valence-corrected chi connectivity index (χ3v) is 4.48. The Morgan fingerprint density at radius 3 is 2.65 bits per heavy atom. The molecule has 1 saturated heterocycles. The van der Waals surface area contributed by atoms with Gasteiger partial charge in [0, 0.05) is 13.0 Å². The van der Waals surface area contributed by atoms with E-state index in [9.17, 15) is 4.79 Å². The fourth-order valence-electron chi connectivity index (χ4n) is 3.52. The molecule has 0 aromatic heterocycles. The lowest BCUT2D eigenvalue weighted by Crippen LogP contribution is -2.33. The van der Waals surface area contributed by atoms with Crippen molar-refractivity contribution in [1.82, 2.24) is 5.06 Å². The van der Waals surface area contributed by atoms with Crippen LogP contribution in [0.15, 0.2) is 24.3 Å². The third-order valence-electron chi connectivity index (χ3n) is 4.48. The molecule has 3 rings (SSSR count). The Hall–Kier alpha value is -1.39. The van der Waals surface area contributed by atoms with E-state index in [1.54, 1.807) is 7.11 Å². The highest BCUT2D eigenvalue weighted by Crippen LogP contribution is 2.41. The van der Waals surface area contributed by atoms with E-state index in [2.05, 4.69) is 6.92 Å². The smallest absolute Gasteiger partial charge is 0.140 e. The maximum Gasteiger partial charge on any atom is 0.140 e. The predicted octanol–water partition coefficient (Wildman–Crippen LogP) is 2.42. The molecule has 0 unspecified atom stereocenters. The summed E-state index contributed by atoms with van der Waals surface area (Å²) in [4.78, 5) is 17.9. The first-order chi connectivity index (χ1) is 9.60. The van der Waals surface area contributed by atoms with E-state index < -0.39 is 0 Å². The zero-order valence-corrected chi connectivity index (χ0v) is 12.2. The quantitative estimate of drug-likeness (QED) is 0.849. The Labute approximate surface area is 119 Å². The van der Waals surface area contributed by atoms with Gasteiger partial charge in [-0.3, -0.25) is 9.63 Å². The van der Waals surface area contributed by atoms with Gasteiger partial charge in [-0.15, -0.1) is 0 Å². The number of carbonyl (C=O) groups excluding carboxylic acids is 1. The van der Waals surface area contributed by atoms with Crippen molar-refractivity contribution in [3.8, 4) is 5.75 Å². The summed E-state index contributed by atoms with van der Waals surface area (Å²) < 4.78 is 5.17. The van der Waals surface area contributed by atoms with Crippen LogP contribution in [0.5, 0.6) is 5.75 Å². The van der Waals surface area contributed by atoms with E-state index in [0.717, 1.165) is 5.75 Å². The van der Waals surface area contributed by atoms with Crippen molar-refractivity contribution in [2.75, 3.05) is 7.11 Å². The Morgan fingerprint density at radius 1 is 1.30 bits per heavy atom. The first-order valence-electron chi connectivity index (χ1n) is 7.19. The van der Waals surface area contributed by atoms with Crippen LogP contribution >= 0.6 is 0 Å². The minimum atomic E-state index is -0.00398. The summed E-state index contributed by atoms with van der Waals surface area (Å²) >= 11 is 0. The summed E-state index contributed by atoms with van der Waals surface area (Å²) in [6, 6.07) is 8.22. The lowest BCUT2D eigenvalue weighted by atomic mass is 9.95. The summed E-state index contributed by atoms with van der Waals surface area (Å²) in [6.07, 6.45) is 0.679. The van der Waals surface area contributed by atoms with Crippen LogP contribution in [0.4, 0.5) is 0 Å². The van der Waals surface area contributed by atoms with Gasteiger partial charge in [0.25, 0.3) is 0 Å². The zero-order chi connectivity index (χ0) is 14.3. The normalized spacial score (nSPS) is 33.5. The predicted molar refractivity (Wildman–Crippen MR) is 75.2 cm³/mol. The third kappa shape index (κ3) is 2.23. The summed E-state index contributed by atoms with van der Waals surface area (Å²) in [7, 11) is 1.66. The van der Waals surface area contributed by atoms with Gasteiger partial charge in [-0.05, 0) is 30.5 Å². The molecule has 0 spiro atoms. The van der Waals surface area contributed by atoms with Gasteiger partial charge in [0.2, 0.25) is 0 Å². The maximum atomic E-state index is 12.0. The first-order valence-corrected chi connectivity index (χ1v) is 7.19. The van der Waals surface area contributed by atoms with E-state index in [4.69, 9.17) is 9.57 Å². The average Bonchev–Trinajstić information content (AvgIpc) is 2.91. The molecule has 4 heteroatoms. The first kappa shape index (κ1) is 13.6. The number of hydrogen-bond donors (Lipinski definition) is 0. The Balaban J connectivity index is 1.75. The highest BCUT2D eigenvalue weighted by Gasteiger charge is 2.52. The molecule has 1 aromatic carbocycles. The highest BCUT2D eigenvalue weighted by atomic mass is 16.7. The van der Waals surface area contributed by atoms with Gasteiger partial charge in [0.05, 0.1) is 25.2 Å². The molecule has 4 nitrogen and oxygen atoms in total. The van der Waals surface area contributed by atoms with Crippen LogP contribution in [0.2, 0.25) is 0 Å². The molecule has 20 heavy (non-hydrogen) atoms. The standard InChI is InChI=1S/C16H21NO3/c1-10-8-14(18)15-11(2)20-17(16(10)15)9-12-4-6-13(19-3)7-5-12/h4-7,10-11,15-16H,8-9H2,1-3H3/t10-,11+,15-,16+/m0/s1. The van der Waals surface area contributed by atoms with Gasteiger partial charge in [-0.2, -0.15) is 5.06 Å². The van der Waals surface area contributed by atoms with Crippen LogP contribution in [0.25, 0.3) is 0 Å². The Morgan fingerprint density at radius 2 is 2.00 bits per heavy atom. The van der Waals surface area contributed by atoms with E-state index in [0.29, 0.717) is 24.7 Å². The second kappa shape index (κ2) is 5.19. The van der Waals surface area contributed by atoms with E-state index in [-0.39, 0.29) is 18.1 Å². The molecule has 1 aliphatic carbocycles. The number of fused-ring (bicyclic) bond motifs is 1. The van der Waals surface area contributed by atoms with Gasteiger partial charge in [0.15, 0.2) is 0 Å². The SMILES string of the molecule is COc1ccc(CN2O[C@H](C)[C@H]3C(=O)C[C@H](C)[C@H]32)cc1. The maximum absolute atomic E-state index is 12.0. The summed E-state index contributed by atoms with van der Waals surface area (Å²) in [5.74, 6) is 1.62. The Kier molecular flexibility index (Phi) is 3.52. The van der Waals surface area contributed by atoms with Crippen LogP contribution in [0.1, 0.15) is 25.8 Å². The molecule has 1 saturated carbocycles. The van der Waals surface area contributed by atoms with Crippen molar-refractivity contribution in [2.24, 2.45) is 11.8 Å². The number of ketones is 1. The van der Waals surface area contributed by atoms with Crippen LogP contribution in [0, 0.1) is 11.8 Å². The van der Waals surface area contributed by atoms with Gasteiger partial charge in [0.1, 0.15) is 11.5 Å². The minimum Gasteiger partial charge on any atom is -0.497 e. The minimum absolute atomic E-state index is 0.00398. The number of Topliss-reactive ketones (excluding diaryl/α,β-unsaturated/α-hetero) is 1. The molecule has 1 aromatic rings. The molecule has 0 radical (unpaired) electrons. The van der Waals surface area contributed by atoms with Gasteiger partial charge in [-0.1, -0.05) is 19.1 Å². The number of hydroxylamine groups is 2. The molecule has 108 valence electrons. The number of rotatable bonds is 3. The molecule has 2 aliphatic rings.